The van der Waals surface area contributed by atoms with Gasteiger partial charge in [-0.3, -0.25) is 0 Å². The fourth-order valence-corrected chi connectivity index (χ4v) is 1.76. The number of aldehydes is 1. The first-order valence-corrected chi connectivity index (χ1v) is 4.08. The highest BCUT2D eigenvalue weighted by Crippen LogP contribution is 2.33. The van der Waals surface area contributed by atoms with Gasteiger partial charge in [-0.2, -0.15) is 0 Å². The molecule has 1 aliphatic rings. The summed E-state index contributed by atoms with van der Waals surface area (Å²) in [4.78, 5) is 10.6. The van der Waals surface area contributed by atoms with Gasteiger partial charge in [-0.25, -0.2) is 0 Å². The SMILES string of the molecule is O=CC1CCc2ccc(O)cc21. The molecule has 0 amide bonds. The zero-order chi connectivity index (χ0) is 8.55. The molecule has 0 fully saturated rings. The second kappa shape index (κ2) is 2.63. The summed E-state index contributed by atoms with van der Waals surface area (Å²) in [7, 11) is 0. The molecule has 1 aromatic rings. The summed E-state index contributed by atoms with van der Waals surface area (Å²) in [5.41, 5.74) is 2.20. The quantitative estimate of drug-likeness (QED) is 0.637. The number of hydrogen-bond acceptors (Lipinski definition) is 2. The Morgan fingerprint density at radius 1 is 1.50 bits per heavy atom. The van der Waals surface area contributed by atoms with Crippen LogP contribution >= 0.6 is 0 Å². The molecule has 0 radical (unpaired) electrons. The Balaban J connectivity index is 2.49. The first-order valence-electron chi connectivity index (χ1n) is 4.08. The summed E-state index contributed by atoms with van der Waals surface area (Å²) in [6, 6.07) is 5.27. The lowest BCUT2D eigenvalue weighted by Gasteiger charge is -2.02. The van der Waals surface area contributed by atoms with E-state index in [9.17, 15) is 9.90 Å². The van der Waals surface area contributed by atoms with Crippen LogP contribution in [0.4, 0.5) is 0 Å². The first-order chi connectivity index (χ1) is 5.81. The summed E-state index contributed by atoms with van der Waals surface area (Å²) in [5, 5.41) is 9.19. The molecule has 1 aliphatic carbocycles. The van der Waals surface area contributed by atoms with E-state index in [0.717, 1.165) is 24.7 Å². The number of carbonyl (C=O) groups excluding carboxylic acids is 1. The van der Waals surface area contributed by atoms with Crippen LogP contribution < -0.4 is 0 Å². The third kappa shape index (κ3) is 0.998. The zero-order valence-electron chi connectivity index (χ0n) is 6.66. The number of phenolic OH excluding ortho intramolecular Hbond substituents is 1. The van der Waals surface area contributed by atoms with E-state index in [0.29, 0.717) is 0 Å². The van der Waals surface area contributed by atoms with Crippen LogP contribution in [0, 0.1) is 0 Å². The lowest BCUT2D eigenvalue weighted by molar-refractivity contribution is -0.109. The normalized spacial score (nSPS) is 20.5. The van der Waals surface area contributed by atoms with Crippen molar-refractivity contribution in [1.29, 1.82) is 0 Å². The Bertz CT molecular complexity index is 318. The second-order valence-corrected chi connectivity index (χ2v) is 3.16. The topological polar surface area (TPSA) is 37.3 Å². The van der Waals surface area contributed by atoms with Crippen LogP contribution in [0.5, 0.6) is 5.75 Å². The number of hydrogen-bond donors (Lipinski definition) is 1. The molecule has 0 spiro atoms. The maximum atomic E-state index is 10.6. The first kappa shape index (κ1) is 7.35. The summed E-state index contributed by atoms with van der Waals surface area (Å²) in [5.74, 6) is 0.259. The van der Waals surface area contributed by atoms with Crippen LogP contribution in [0.25, 0.3) is 0 Å². The average Bonchev–Trinajstić information content (AvgIpc) is 2.46. The molecular weight excluding hydrogens is 152 g/mol. The largest absolute Gasteiger partial charge is 0.508 e. The lowest BCUT2D eigenvalue weighted by atomic mass is 10.0. The number of fused-ring (bicyclic) bond motifs is 1. The maximum absolute atomic E-state index is 10.6. The van der Waals surface area contributed by atoms with Crippen LogP contribution in [0.3, 0.4) is 0 Å². The third-order valence-electron chi connectivity index (χ3n) is 2.42. The standard InChI is InChI=1S/C10H10O2/c11-6-8-2-1-7-3-4-9(12)5-10(7)8/h3-6,8,12H,1-2H2. The molecule has 2 rings (SSSR count). The Hall–Kier alpha value is -1.31. The molecule has 1 aromatic carbocycles. The van der Waals surface area contributed by atoms with E-state index in [2.05, 4.69) is 0 Å². The average molecular weight is 162 g/mol. The van der Waals surface area contributed by atoms with Gasteiger partial charge in [0.1, 0.15) is 12.0 Å². The minimum atomic E-state index is 0.00657. The zero-order valence-corrected chi connectivity index (χ0v) is 6.66. The Morgan fingerprint density at radius 3 is 3.08 bits per heavy atom. The van der Waals surface area contributed by atoms with E-state index in [-0.39, 0.29) is 11.7 Å². The number of aryl methyl sites for hydroxylation is 1. The van der Waals surface area contributed by atoms with E-state index in [1.54, 1.807) is 12.1 Å². The van der Waals surface area contributed by atoms with Crippen molar-refractivity contribution in [2.75, 3.05) is 0 Å². The van der Waals surface area contributed by atoms with E-state index in [1.807, 2.05) is 6.07 Å². The van der Waals surface area contributed by atoms with Gasteiger partial charge in [0.25, 0.3) is 0 Å². The third-order valence-corrected chi connectivity index (χ3v) is 2.42. The molecule has 0 bridgehead atoms. The van der Waals surface area contributed by atoms with Gasteiger partial charge in [0.2, 0.25) is 0 Å². The minimum Gasteiger partial charge on any atom is -0.508 e. The van der Waals surface area contributed by atoms with Crippen molar-refractivity contribution in [3.8, 4) is 5.75 Å². The molecule has 2 heteroatoms. The van der Waals surface area contributed by atoms with Gasteiger partial charge in [0.15, 0.2) is 0 Å². The highest BCUT2D eigenvalue weighted by Gasteiger charge is 2.21. The predicted molar refractivity (Wildman–Crippen MR) is 45.2 cm³/mol. The van der Waals surface area contributed by atoms with Crippen molar-refractivity contribution in [2.24, 2.45) is 0 Å². The maximum Gasteiger partial charge on any atom is 0.127 e. The highest BCUT2D eigenvalue weighted by atomic mass is 16.3. The van der Waals surface area contributed by atoms with Crippen LogP contribution in [-0.4, -0.2) is 11.4 Å². The van der Waals surface area contributed by atoms with E-state index < -0.39 is 0 Å². The molecule has 1 unspecified atom stereocenters. The van der Waals surface area contributed by atoms with Crippen LogP contribution in [-0.2, 0) is 11.2 Å². The van der Waals surface area contributed by atoms with E-state index >= 15 is 0 Å². The Morgan fingerprint density at radius 2 is 2.33 bits per heavy atom. The van der Waals surface area contributed by atoms with Crippen molar-refractivity contribution < 1.29 is 9.90 Å². The molecule has 0 heterocycles. The molecule has 1 N–H and O–H groups in total. The van der Waals surface area contributed by atoms with Gasteiger partial charge in [0.05, 0.1) is 0 Å². The Labute approximate surface area is 70.8 Å². The molecule has 2 nitrogen and oxygen atoms in total. The van der Waals surface area contributed by atoms with Crippen LogP contribution in [0.15, 0.2) is 18.2 Å². The van der Waals surface area contributed by atoms with E-state index in [4.69, 9.17) is 0 Å². The van der Waals surface area contributed by atoms with Gasteiger partial charge >= 0.3 is 0 Å². The molecule has 62 valence electrons. The van der Waals surface area contributed by atoms with Gasteiger partial charge < -0.3 is 9.90 Å². The molecule has 0 saturated carbocycles. The van der Waals surface area contributed by atoms with Gasteiger partial charge in [0, 0.05) is 5.92 Å². The summed E-state index contributed by atoms with van der Waals surface area (Å²) in [6.45, 7) is 0. The predicted octanol–water partition coefficient (Wildman–Crippen LogP) is 1.62. The fraction of sp³-hybridized carbons (Fsp3) is 0.300. The smallest absolute Gasteiger partial charge is 0.127 e. The molecule has 12 heavy (non-hydrogen) atoms. The Kier molecular flexibility index (Phi) is 1.61. The molecular formula is C10H10O2. The number of phenols is 1. The number of benzene rings is 1. The van der Waals surface area contributed by atoms with Crippen LogP contribution in [0.1, 0.15) is 23.5 Å². The molecule has 0 saturated heterocycles. The van der Waals surface area contributed by atoms with Crippen LogP contribution in [0.2, 0.25) is 0 Å². The van der Waals surface area contributed by atoms with Crippen molar-refractivity contribution in [1.82, 2.24) is 0 Å². The van der Waals surface area contributed by atoms with Crippen molar-refractivity contribution in [3.63, 3.8) is 0 Å². The summed E-state index contributed by atoms with van der Waals surface area (Å²) < 4.78 is 0. The van der Waals surface area contributed by atoms with Crippen molar-refractivity contribution in [2.45, 2.75) is 18.8 Å². The minimum absolute atomic E-state index is 0.00657. The highest BCUT2D eigenvalue weighted by molar-refractivity contribution is 5.65. The summed E-state index contributed by atoms with van der Waals surface area (Å²) in [6.07, 6.45) is 2.81. The van der Waals surface area contributed by atoms with Gasteiger partial charge in [-0.1, -0.05) is 6.07 Å². The van der Waals surface area contributed by atoms with Crippen molar-refractivity contribution in [3.05, 3.63) is 29.3 Å². The van der Waals surface area contributed by atoms with E-state index in [1.165, 1.54) is 5.56 Å². The number of carbonyl (C=O) groups is 1. The van der Waals surface area contributed by atoms with Gasteiger partial charge in [-0.15, -0.1) is 0 Å². The second-order valence-electron chi connectivity index (χ2n) is 3.16. The molecule has 1 atom stereocenters. The fourth-order valence-electron chi connectivity index (χ4n) is 1.76. The summed E-state index contributed by atoms with van der Waals surface area (Å²) >= 11 is 0. The molecule has 0 aliphatic heterocycles. The number of aromatic hydroxyl groups is 1. The lowest BCUT2D eigenvalue weighted by Crippen LogP contribution is -1.93. The monoisotopic (exact) mass is 162 g/mol. The number of rotatable bonds is 1. The van der Waals surface area contributed by atoms with Crippen molar-refractivity contribution >= 4 is 6.29 Å². The van der Waals surface area contributed by atoms with Gasteiger partial charge in [-0.05, 0) is 36.1 Å². The molecule has 0 aromatic heterocycles.